The van der Waals surface area contributed by atoms with E-state index in [9.17, 15) is 9.00 Å². The molecule has 0 amide bonds. The van der Waals surface area contributed by atoms with Gasteiger partial charge in [-0.2, -0.15) is 5.26 Å². The van der Waals surface area contributed by atoms with E-state index < -0.39 is 16.6 Å². The standard InChI is InChI=1S/C5H4N2O3S2/c1-10-12(9)5-3(2-6)4(8)7-11-5/h1H3,(H,7,8). The number of H-pyrrole nitrogens is 1. The third-order valence-electron chi connectivity index (χ3n) is 1.08. The number of aromatic amines is 1. The molecule has 1 aromatic rings. The van der Waals surface area contributed by atoms with Gasteiger partial charge in [0.2, 0.25) is 11.1 Å². The molecule has 1 heterocycles. The highest BCUT2D eigenvalue weighted by Gasteiger charge is 2.15. The van der Waals surface area contributed by atoms with Crippen LogP contribution in [0, 0.1) is 11.3 Å². The van der Waals surface area contributed by atoms with Crippen LogP contribution in [0.3, 0.4) is 0 Å². The van der Waals surface area contributed by atoms with Gasteiger partial charge in [0.05, 0.1) is 7.11 Å². The van der Waals surface area contributed by atoms with Gasteiger partial charge in [-0.05, 0) is 11.5 Å². The largest absolute Gasteiger partial charge is 0.289 e. The molecule has 0 radical (unpaired) electrons. The van der Waals surface area contributed by atoms with Crippen molar-refractivity contribution in [2.75, 3.05) is 7.11 Å². The highest BCUT2D eigenvalue weighted by atomic mass is 32.2. The average Bonchev–Trinajstić information content (AvgIpc) is 2.45. The van der Waals surface area contributed by atoms with Crippen molar-refractivity contribution < 1.29 is 8.39 Å². The Morgan fingerprint density at radius 2 is 2.42 bits per heavy atom. The third kappa shape index (κ3) is 1.45. The maximum atomic E-state index is 11.0. The van der Waals surface area contributed by atoms with Gasteiger partial charge in [0.25, 0.3) is 5.56 Å². The lowest BCUT2D eigenvalue weighted by Gasteiger charge is -1.90. The smallest absolute Gasteiger partial charge is 0.277 e. The first-order chi connectivity index (χ1) is 5.70. The maximum absolute atomic E-state index is 11.0. The second-order valence-electron chi connectivity index (χ2n) is 1.71. The summed E-state index contributed by atoms with van der Waals surface area (Å²) in [6.07, 6.45) is 0. The molecule has 0 aliphatic rings. The summed E-state index contributed by atoms with van der Waals surface area (Å²) in [7, 11) is 1.24. The van der Waals surface area contributed by atoms with E-state index in [0.29, 0.717) is 0 Å². The quantitative estimate of drug-likeness (QED) is 0.733. The lowest BCUT2D eigenvalue weighted by molar-refractivity contribution is 0.447. The minimum absolute atomic E-state index is 0.130. The number of nitrogens with one attached hydrogen (secondary N) is 1. The topological polar surface area (TPSA) is 83.0 Å². The number of rotatable bonds is 2. The van der Waals surface area contributed by atoms with Crippen LogP contribution in [0.5, 0.6) is 0 Å². The molecule has 0 saturated heterocycles. The van der Waals surface area contributed by atoms with Gasteiger partial charge in [0.1, 0.15) is 11.6 Å². The molecule has 0 aliphatic carbocycles. The van der Waals surface area contributed by atoms with Crippen LogP contribution < -0.4 is 5.56 Å². The molecule has 1 unspecified atom stereocenters. The Morgan fingerprint density at radius 3 is 2.92 bits per heavy atom. The highest BCUT2D eigenvalue weighted by Crippen LogP contribution is 2.13. The van der Waals surface area contributed by atoms with Crippen molar-refractivity contribution in [3.63, 3.8) is 0 Å². The Bertz CT molecular complexity index is 400. The van der Waals surface area contributed by atoms with Gasteiger partial charge < -0.3 is 0 Å². The number of aromatic nitrogens is 1. The van der Waals surface area contributed by atoms with Crippen LogP contribution in [0.1, 0.15) is 5.56 Å². The van der Waals surface area contributed by atoms with Crippen molar-refractivity contribution in [2.24, 2.45) is 0 Å². The minimum atomic E-state index is -1.72. The Labute approximate surface area is 74.4 Å². The van der Waals surface area contributed by atoms with E-state index in [1.807, 2.05) is 0 Å². The molecular formula is C5H4N2O3S2. The fourth-order valence-corrected chi connectivity index (χ4v) is 2.16. The summed E-state index contributed by atoms with van der Waals surface area (Å²) < 4.78 is 17.9. The molecule has 0 saturated carbocycles. The molecule has 0 aromatic carbocycles. The van der Waals surface area contributed by atoms with E-state index in [-0.39, 0.29) is 9.77 Å². The van der Waals surface area contributed by atoms with Crippen LogP contribution in [-0.4, -0.2) is 15.7 Å². The molecule has 0 aliphatic heterocycles. The molecule has 1 aromatic heterocycles. The maximum Gasteiger partial charge on any atom is 0.277 e. The molecule has 5 nitrogen and oxygen atoms in total. The summed E-state index contributed by atoms with van der Waals surface area (Å²) in [6, 6.07) is 1.65. The molecule has 1 rings (SSSR count). The van der Waals surface area contributed by atoms with Crippen molar-refractivity contribution in [2.45, 2.75) is 4.21 Å². The zero-order valence-corrected chi connectivity index (χ0v) is 7.62. The number of hydrogen-bond donors (Lipinski definition) is 1. The van der Waals surface area contributed by atoms with Gasteiger partial charge in [-0.1, -0.05) is 0 Å². The van der Waals surface area contributed by atoms with Gasteiger partial charge in [0, 0.05) is 0 Å². The van der Waals surface area contributed by atoms with Gasteiger partial charge in [-0.25, -0.2) is 4.21 Å². The molecule has 0 fully saturated rings. The molecule has 1 N–H and O–H groups in total. The number of nitriles is 1. The summed E-state index contributed by atoms with van der Waals surface area (Å²) in [5, 5.41) is 8.48. The van der Waals surface area contributed by atoms with Crippen LogP contribution in [-0.2, 0) is 15.3 Å². The van der Waals surface area contributed by atoms with Gasteiger partial charge >= 0.3 is 0 Å². The van der Waals surface area contributed by atoms with Crippen LogP contribution in [0.15, 0.2) is 9.00 Å². The monoisotopic (exact) mass is 204 g/mol. The molecule has 12 heavy (non-hydrogen) atoms. The normalized spacial score (nSPS) is 12.3. The summed E-state index contributed by atoms with van der Waals surface area (Å²) in [4.78, 5) is 10.8. The fourth-order valence-electron chi connectivity index (χ4n) is 0.577. The van der Waals surface area contributed by atoms with Crippen LogP contribution >= 0.6 is 11.5 Å². The van der Waals surface area contributed by atoms with Crippen LogP contribution in [0.25, 0.3) is 0 Å². The van der Waals surface area contributed by atoms with Crippen molar-refractivity contribution in [1.29, 1.82) is 5.26 Å². The molecular weight excluding hydrogens is 200 g/mol. The van der Waals surface area contributed by atoms with Crippen molar-refractivity contribution in [3.05, 3.63) is 15.9 Å². The fraction of sp³-hybridized carbons (Fsp3) is 0.200. The van der Waals surface area contributed by atoms with Crippen molar-refractivity contribution in [3.8, 4) is 6.07 Å². The number of nitrogens with zero attached hydrogens (tertiary/aromatic N) is 1. The SMILES string of the molecule is COS(=O)c1s[nH]c(=O)c1C#N. The van der Waals surface area contributed by atoms with E-state index in [0.717, 1.165) is 11.5 Å². The Morgan fingerprint density at radius 1 is 1.75 bits per heavy atom. The first-order valence-electron chi connectivity index (χ1n) is 2.78. The second-order valence-corrected chi connectivity index (χ2v) is 3.99. The van der Waals surface area contributed by atoms with E-state index in [4.69, 9.17) is 5.26 Å². The Balaban J connectivity index is 3.28. The summed E-state index contributed by atoms with van der Waals surface area (Å²) in [6.45, 7) is 0. The first-order valence-corrected chi connectivity index (χ1v) is 4.67. The van der Waals surface area contributed by atoms with Crippen molar-refractivity contribution in [1.82, 2.24) is 4.37 Å². The van der Waals surface area contributed by atoms with Gasteiger partial charge in [-0.15, -0.1) is 0 Å². The molecule has 7 heteroatoms. The van der Waals surface area contributed by atoms with E-state index in [1.54, 1.807) is 6.07 Å². The molecule has 0 bridgehead atoms. The predicted octanol–water partition coefficient (Wildman–Crippen LogP) is -0.0229. The first kappa shape index (κ1) is 9.12. The van der Waals surface area contributed by atoms with Gasteiger partial charge in [0.15, 0.2) is 4.21 Å². The molecule has 0 spiro atoms. The predicted molar refractivity (Wildman–Crippen MR) is 43.1 cm³/mol. The van der Waals surface area contributed by atoms with Crippen LogP contribution in [0.4, 0.5) is 0 Å². The zero-order valence-electron chi connectivity index (χ0n) is 5.99. The van der Waals surface area contributed by atoms with Crippen LogP contribution in [0.2, 0.25) is 0 Å². The lowest BCUT2D eigenvalue weighted by atomic mass is 10.4. The lowest BCUT2D eigenvalue weighted by Crippen LogP contribution is -2.03. The molecule has 1 atom stereocenters. The second kappa shape index (κ2) is 3.62. The average molecular weight is 204 g/mol. The molecule has 64 valence electrons. The minimum Gasteiger partial charge on any atom is -0.289 e. The van der Waals surface area contributed by atoms with Crippen molar-refractivity contribution >= 4 is 22.6 Å². The summed E-state index contributed by atoms with van der Waals surface area (Å²) >= 11 is -0.868. The zero-order chi connectivity index (χ0) is 9.14. The van der Waals surface area contributed by atoms with E-state index in [2.05, 4.69) is 8.56 Å². The third-order valence-corrected chi connectivity index (χ3v) is 3.23. The van der Waals surface area contributed by atoms with Gasteiger partial charge in [-0.3, -0.25) is 13.4 Å². The Hall–Kier alpha value is -0.970. The summed E-state index contributed by atoms with van der Waals surface area (Å²) in [5.41, 5.74) is -0.664. The van der Waals surface area contributed by atoms with E-state index >= 15 is 0 Å². The van der Waals surface area contributed by atoms with E-state index in [1.165, 1.54) is 7.11 Å². The highest BCUT2D eigenvalue weighted by molar-refractivity contribution is 7.82. The summed E-state index contributed by atoms with van der Waals surface area (Å²) in [5.74, 6) is 0. The Kier molecular flexibility index (Phi) is 2.75. The number of hydrogen-bond acceptors (Lipinski definition) is 5.